The van der Waals surface area contributed by atoms with Gasteiger partial charge in [-0.2, -0.15) is 9.57 Å². The lowest BCUT2D eigenvalue weighted by atomic mass is 9.70. The van der Waals surface area contributed by atoms with Crippen molar-refractivity contribution in [2.75, 3.05) is 52.5 Å². The maximum Gasteiger partial charge on any atom is 0.243 e. The minimum atomic E-state index is -3.60. The fourth-order valence-electron chi connectivity index (χ4n) is 6.94. The first kappa shape index (κ1) is 24.2. The first-order chi connectivity index (χ1) is 16.6. The Morgan fingerprint density at radius 1 is 1.00 bits per heavy atom. The molecule has 0 saturated carbocycles. The number of benzene rings is 1. The van der Waals surface area contributed by atoms with E-state index in [1.54, 1.807) is 24.3 Å². The molecule has 4 saturated heterocycles. The van der Waals surface area contributed by atoms with Crippen LogP contribution in [-0.4, -0.2) is 87.1 Å². The molecule has 1 aromatic rings. The van der Waals surface area contributed by atoms with Gasteiger partial charge < -0.3 is 4.74 Å². The number of nitrogens with zero attached hydrogens (tertiary/aromatic N) is 4. The van der Waals surface area contributed by atoms with Gasteiger partial charge in [0.05, 0.1) is 29.7 Å². The maximum absolute atomic E-state index is 13.9. The molecule has 0 spiro atoms. The molecule has 4 aliphatic rings. The van der Waals surface area contributed by atoms with E-state index in [1.807, 2.05) is 4.31 Å². The summed E-state index contributed by atoms with van der Waals surface area (Å²) in [6.45, 7) is 7.69. The maximum atomic E-state index is 13.9. The van der Waals surface area contributed by atoms with Crippen LogP contribution in [-0.2, 0) is 14.8 Å². The van der Waals surface area contributed by atoms with Crippen LogP contribution in [0.1, 0.15) is 50.5 Å². The molecule has 5 rings (SSSR count). The van der Waals surface area contributed by atoms with Gasteiger partial charge in [-0.15, -0.1) is 0 Å². The highest BCUT2D eigenvalue weighted by molar-refractivity contribution is 7.89. The molecular weight excluding hydrogens is 448 g/mol. The highest BCUT2D eigenvalue weighted by atomic mass is 32.2. The Balaban J connectivity index is 1.36. The summed E-state index contributed by atoms with van der Waals surface area (Å²) in [7, 11) is -3.60. The lowest BCUT2D eigenvalue weighted by molar-refractivity contribution is -0.0526. The third-order valence-electron chi connectivity index (χ3n) is 8.54. The molecular formula is C26H38N4O3S. The lowest BCUT2D eigenvalue weighted by Gasteiger charge is -2.57. The molecule has 186 valence electrons. The lowest BCUT2D eigenvalue weighted by Crippen LogP contribution is -2.65. The van der Waals surface area contributed by atoms with E-state index in [-0.39, 0.29) is 6.04 Å². The SMILES string of the molecule is N#Cc1ccc(S(=O)(=O)N2C[C@@H]3CCCN4CCC[C@@H]([C@H]34)[C@H]2CCCCN2CCOCC2)cc1. The van der Waals surface area contributed by atoms with E-state index in [9.17, 15) is 8.42 Å². The molecule has 0 bridgehead atoms. The van der Waals surface area contributed by atoms with Crippen LogP contribution in [0.4, 0.5) is 0 Å². The first-order valence-corrected chi connectivity index (χ1v) is 14.6. The van der Waals surface area contributed by atoms with Crippen LogP contribution in [0.15, 0.2) is 29.2 Å². The smallest absolute Gasteiger partial charge is 0.243 e. The van der Waals surface area contributed by atoms with E-state index in [0.717, 1.165) is 65.0 Å². The van der Waals surface area contributed by atoms with Crippen molar-refractivity contribution in [1.82, 2.24) is 14.1 Å². The third kappa shape index (κ3) is 4.91. The summed E-state index contributed by atoms with van der Waals surface area (Å²) in [5, 5.41) is 9.14. The number of hydrogen-bond acceptors (Lipinski definition) is 6. The van der Waals surface area contributed by atoms with Crippen molar-refractivity contribution < 1.29 is 13.2 Å². The van der Waals surface area contributed by atoms with Crippen LogP contribution in [0.3, 0.4) is 0 Å². The van der Waals surface area contributed by atoms with Crippen LogP contribution in [0.25, 0.3) is 0 Å². The van der Waals surface area contributed by atoms with Gasteiger partial charge in [0.1, 0.15) is 0 Å². The zero-order valence-electron chi connectivity index (χ0n) is 20.1. The summed E-state index contributed by atoms with van der Waals surface area (Å²) in [5.41, 5.74) is 0.493. The predicted octanol–water partition coefficient (Wildman–Crippen LogP) is 2.92. The molecule has 0 N–H and O–H groups in total. The highest BCUT2D eigenvalue weighted by Gasteiger charge is 2.51. The number of piperidine rings is 3. The topological polar surface area (TPSA) is 76.9 Å². The molecule has 34 heavy (non-hydrogen) atoms. The number of rotatable bonds is 7. The van der Waals surface area contributed by atoms with Crippen LogP contribution < -0.4 is 0 Å². The first-order valence-electron chi connectivity index (χ1n) is 13.1. The Morgan fingerprint density at radius 2 is 1.74 bits per heavy atom. The van der Waals surface area contributed by atoms with Gasteiger partial charge in [-0.25, -0.2) is 8.42 Å². The second-order valence-electron chi connectivity index (χ2n) is 10.5. The van der Waals surface area contributed by atoms with Crippen LogP contribution in [0.5, 0.6) is 0 Å². The number of sulfonamides is 1. The monoisotopic (exact) mass is 486 g/mol. The van der Waals surface area contributed by atoms with E-state index in [0.29, 0.717) is 34.9 Å². The second kappa shape index (κ2) is 10.6. The standard InChI is InChI=1S/C26H38N4O3S/c27-19-21-8-10-23(11-9-21)34(31,32)30-20-22-5-3-13-29-14-4-6-24(26(22)29)25(30)7-1-2-12-28-15-17-33-18-16-28/h8-11,22,24-26H,1-7,12-18,20H2/t22-,24+,25+,26-/m0/s1. The minimum absolute atomic E-state index is 0.0625. The summed E-state index contributed by atoms with van der Waals surface area (Å²) in [4.78, 5) is 5.47. The van der Waals surface area contributed by atoms with E-state index in [2.05, 4.69) is 15.9 Å². The van der Waals surface area contributed by atoms with Crippen molar-refractivity contribution in [2.45, 2.75) is 61.9 Å². The molecule has 4 fully saturated rings. The summed E-state index contributed by atoms with van der Waals surface area (Å²) in [6, 6.07) is 9.18. The average Bonchev–Trinajstić information content (AvgIpc) is 2.88. The quantitative estimate of drug-likeness (QED) is 0.552. The molecule has 0 aliphatic carbocycles. The van der Waals surface area contributed by atoms with Gasteiger partial charge in [0.15, 0.2) is 0 Å². The molecule has 0 radical (unpaired) electrons. The summed E-state index contributed by atoms with van der Waals surface area (Å²) < 4.78 is 35.2. The van der Waals surface area contributed by atoms with Gasteiger partial charge in [0.2, 0.25) is 10.0 Å². The van der Waals surface area contributed by atoms with Crippen LogP contribution in [0.2, 0.25) is 0 Å². The largest absolute Gasteiger partial charge is 0.379 e. The normalized spacial score (nSPS) is 31.0. The average molecular weight is 487 g/mol. The van der Waals surface area contributed by atoms with Crippen LogP contribution in [0, 0.1) is 23.2 Å². The number of unbranched alkanes of at least 4 members (excludes halogenated alkanes) is 1. The third-order valence-corrected chi connectivity index (χ3v) is 10.4. The fraction of sp³-hybridized carbons (Fsp3) is 0.731. The molecule has 4 atom stereocenters. The van der Waals surface area contributed by atoms with E-state index in [1.165, 1.54) is 25.9 Å². The zero-order chi connectivity index (χ0) is 23.5. The number of morpholine rings is 1. The molecule has 4 heterocycles. The summed E-state index contributed by atoms with van der Waals surface area (Å²) in [6.07, 6.45) is 7.68. The Hall–Kier alpha value is -1.50. The fourth-order valence-corrected chi connectivity index (χ4v) is 8.70. The molecule has 0 unspecified atom stereocenters. The van der Waals surface area contributed by atoms with E-state index >= 15 is 0 Å². The van der Waals surface area contributed by atoms with E-state index in [4.69, 9.17) is 10.00 Å². The molecule has 0 amide bonds. The van der Waals surface area contributed by atoms with Gasteiger partial charge in [-0.1, -0.05) is 6.42 Å². The Morgan fingerprint density at radius 3 is 2.47 bits per heavy atom. The van der Waals surface area contributed by atoms with E-state index < -0.39 is 10.0 Å². The van der Waals surface area contributed by atoms with Crippen molar-refractivity contribution in [3.8, 4) is 6.07 Å². The Kier molecular flexibility index (Phi) is 7.57. The van der Waals surface area contributed by atoms with Gasteiger partial charge in [-0.05, 0) is 94.3 Å². The second-order valence-corrected chi connectivity index (χ2v) is 12.4. The predicted molar refractivity (Wildman–Crippen MR) is 131 cm³/mol. The summed E-state index contributed by atoms with van der Waals surface area (Å²) in [5.74, 6) is 0.848. The Labute approximate surface area is 204 Å². The number of nitriles is 1. The van der Waals surface area contributed by atoms with Crippen molar-refractivity contribution in [1.29, 1.82) is 5.26 Å². The van der Waals surface area contributed by atoms with Gasteiger partial charge in [0, 0.05) is 31.7 Å². The zero-order valence-corrected chi connectivity index (χ0v) is 21.0. The molecule has 0 aromatic heterocycles. The van der Waals surface area contributed by atoms with Crippen molar-refractivity contribution in [2.24, 2.45) is 11.8 Å². The molecule has 8 heteroatoms. The summed E-state index contributed by atoms with van der Waals surface area (Å²) >= 11 is 0. The van der Waals surface area contributed by atoms with Crippen molar-refractivity contribution >= 4 is 10.0 Å². The molecule has 1 aromatic carbocycles. The van der Waals surface area contributed by atoms with Gasteiger partial charge in [0.25, 0.3) is 0 Å². The van der Waals surface area contributed by atoms with Gasteiger partial charge >= 0.3 is 0 Å². The molecule has 4 aliphatic heterocycles. The van der Waals surface area contributed by atoms with Crippen LogP contribution >= 0.6 is 0 Å². The number of ether oxygens (including phenoxy) is 1. The Bertz CT molecular complexity index is 969. The molecule has 7 nitrogen and oxygen atoms in total. The van der Waals surface area contributed by atoms with Crippen molar-refractivity contribution in [3.63, 3.8) is 0 Å². The van der Waals surface area contributed by atoms with Crippen molar-refractivity contribution in [3.05, 3.63) is 29.8 Å². The van der Waals surface area contributed by atoms with Gasteiger partial charge in [-0.3, -0.25) is 9.80 Å². The number of hydrogen-bond donors (Lipinski definition) is 0. The highest BCUT2D eigenvalue weighted by Crippen LogP contribution is 2.45. The minimum Gasteiger partial charge on any atom is -0.379 e.